The number of fused-ring (bicyclic) bond motifs is 4. The molecule has 0 heterocycles. The Kier molecular flexibility index (Phi) is 6.25. The highest BCUT2D eigenvalue weighted by molar-refractivity contribution is 6.19. The van der Waals surface area contributed by atoms with E-state index in [9.17, 15) is 4.79 Å². The summed E-state index contributed by atoms with van der Waals surface area (Å²) < 4.78 is 0. The normalized spacial score (nSPS) is 14.0. The van der Waals surface area contributed by atoms with Crippen molar-refractivity contribution in [3.8, 4) is 11.1 Å². The monoisotopic (exact) mass is 461 g/mol. The second-order valence-electron chi connectivity index (χ2n) is 9.44. The third kappa shape index (κ3) is 3.95. The van der Waals surface area contributed by atoms with Gasteiger partial charge in [-0.25, -0.2) is 4.79 Å². The van der Waals surface area contributed by atoms with Crippen molar-refractivity contribution in [3.05, 3.63) is 107 Å². The molecule has 0 saturated carbocycles. The highest BCUT2D eigenvalue weighted by Gasteiger charge is 2.41. The Hall–Kier alpha value is -3.72. The minimum absolute atomic E-state index is 0.0171. The van der Waals surface area contributed by atoms with Gasteiger partial charge in [0.1, 0.15) is 5.71 Å². The van der Waals surface area contributed by atoms with Crippen LogP contribution in [-0.4, -0.2) is 11.7 Å². The van der Waals surface area contributed by atoms with Crippen LogP contribution in [-0.2, 0) is 15.0 Å². The van der Waals surface area contributed by atoms with Crippen LogP contribution in [0, 0.1) is 0 Å². The number of carbonyl (C=O) groups is 1. The molecule has 5 rings (SSSR count). The van der Waals surface area contributed by atoms with Crippen molar-refractivity contribution >= 4 is 22.5 Å². The predicted octanol–water partition coefficient (Wildman–Crippen LogP) is 8.02. The molecule has 0 aromatic heterocycles. The Morgan fingerprint density at radius 1 is 0.800 bits per heavy atom. The lowest BCUT2D eigenvalue weighted by Gasteiger charge is -2.32. The second kappa shape index (κ2) is 9.50. The van der Waals surface area contributed by atoms with Crippen molar-refractivity contribution in [1.82, 2.24) is 0 Å². The van der Waals surface area contributed by atoms with Gasteiger partial charge in [-0.1, -0.05) is 111 Å². The molecule has 0 spiro atoms. The van der Waals surface area contributed by atoms with E-state index in [1.807, 2.05) is 18.2 Å². The maximum atomic E-state index is 11.8. The van der Waals surface area contributed by atoms with Gasteiger partial charge in [0.05, 0.1) is 0 Å². The highest BCUT2D eigenvalue weighted by Crippen LogP contribution is 2.54. The van der Waals surface area contributed by atoms with Gasteiger partial charge in [-0.2, -0.15) is 0 Å². The molecule has 0 fully saturated rings. The third-order valence-corrected chi connectivity index (χ3v) is 7.21. The van der Waals surface area contributed by atoms with Crippen LogP contribution >= 0.6 is 0 Å². The van der Waals surface area contributed by atoms with Gasteiger partial charge in [0.2, 0.25) is 0 Å². The van der Waals surface area contributed by atoms with E-state index in [0.29, 0.717) is 5.71 Å². The largest absolute Gasteiger partial charge is 0.332 e. The van der Waals surface area contributed by atoms with Gasteiger partial charge in [0.15, 0.2) is 0 Å². The second-order valence-corrected chi connectivity index (χ2v) is 9.44. The standard InChI is InChI=1S/C32H31NO2/c1-4-19-32(20-5-2)29-16-9-8-14-26(29)27-18-17-24(21-30(27)32)31(33-35-22(3)34)28-15-10-12-23-11-6-7-13-25(23)28/h6-18,21H,4-5,19-20H2,1-3H3. The molecule has 0 aliphatic heterocycles. The molecule has 0 radical (unpaired) electrons. The molecule has 0 unspecified atom stereocenters. The van der Waals surface area contributed by atoms with Gasteiger partial charge in [0.25, 0.3) is 0 Å². The quantitative estimate of drug-likeness (QED) is 0.159. The lowest BCUT2D eigenvalue weighted by atomic mass is 9.71. The van der Waals surface area contributed by atoms with Crippen LogP contribution in [0.25, 0.3) is 21.9 Å². The van der Waals surface area contributed by atoms with Crippen LogP contribution in [0.5, 0.6) is 0 Å². The summed E-state index contributed by atoms with van der Waals surface area (Å²) in [5.74, 6) is -0.428. The molecule has 4 aromatic carbocycles. The van der Waals surface area contributed by atoms with Crippen LogP contribution < -0.4 is 0 Å². The first-order valence-electron chi connectivity index (χ1n) is 12.6. The molecular weight excluding hydrogens is 430 g/mol. The van der Waals surface area contributed by atoms with Crippen LogP contribution in [0.3, 0.4) is 0 Å². The first-order valence-corrected chi connectivity index (χ1v) is 12.6. The van der Waals surface area contributed by atoms with Crippen molar-refractivity contribution in [2.45, 2.75) is 51.9 Å². The zero-order valence-corrected chi connectivity index (χ0v) is 20.7. The number of benzene rings is 4. The minimum Gasteiger partial charge on any atom is -0.318 e. The summed E-state index contributed by atoms with van der Waals surface area (Å²) in [5.41, 5.74) is 8.00. The summed E-state index contributed by atoms with van der Waals surface area (Å²) in [7, 11) is 0. The Labute approximate surface area is 207 Å². The molecule has 0 bridgehead atoms. The molecule has 35 heavy (non-hydrogen) atoms. The first-order chi connectivity index (χ1) is 17.1. The number of hydrogen-bond acceptors (Lipinski definition) is 3. The average molecular weight is 462 g/mol. The third-order valence-electron chi connectivity index (χ3n) is 7.21. The Balaban J connectivity index is 1.74. The van der Waals surface area contributed by atoms with E-state index >= 15 is 0 Å². The van der Waals surface area contributed by atoms with Crippen LogP contribution in [0.2, 0.25) is 0 Å². The van der Waals surface area contributed by atoms with Crippen molar-refractivity contribution in [2.75, 3.05) is 0 Å². The molecule has 4 aromatic rings. The predicted molar refractivity (Wildman–Crippen MR) is 144 cm³/mol. The first kappa shape index (κ1) is 23.0. The van der Waals surface area contributed by atoms with E-state index in [2.05, 4.69) is 85.7 Å². The maximum Gasteiger partial charge on any atom is 0.332 e. The number of nitrogens with zero attached hydrogens (tertiary/aromatic N) is 1. The van der Waals surface area contributed by atoms with E-state index < -0.39 is 5.97 Å². The van der Waals surface area contributed by atoms with Gasteiger partial charge in [-0.3, -0.25) is 0 Å². The highest BCUT2D eigenvalue weighted by atomic mass is 16.7. The zero-order chi connectivity index (χ0) is 24.4. The maximum absolute atomic E-state index is 11.8. The fourth-order valence-corrected chi connectivity index (χ4v) is 5.92. The lowest BCUT2D eigenvalue weighted by Crippen LogP contribution is -2.25. The van der Waals surface area contributed by atoms with Gasteiger partial charge in [-0.05, 0) is 51.9 Å². The van der Waals surface area contributed by atoms with Crippen LogP contribution in [0.1, 0.15) is 68.7 Å². The summed E-state index contributed by atoms with van der Waals surface area (Å²) in [6, 6.07) is 29.9. The molecule has 0 N–H and O–H groups in total. The van der Waals surface area contributed by atoms with Crippen molar-refractivity contribution in [2.24, 2.45) is 5.16 Å². The summed E-state index contributed by atoms with van der Waals surface area (Å²) in [6.07, 6.45) is 4.41. The molecule has 0 amide bonds. The topological polar surface area (TPSA) is 38.7 Å². The van der Waals surface area contributed by atoms with Crippen molar-refractivity contribution in [3.63, 3.8) is 0 Å². The van der Waals surface area contributed by atoms with Crippen LogP contribution in [0.15, 0.2) is 90.1 Å². The molecule has 3 heteroatoms. The summed E-state index contributed by atoms with van der Waals surface area (Å²) in [6.45, 7) is 5.92. The fourth-order valence-electron chi connectivity index (χ4n) is 5.92. The smallest absolute Gasteiger partial charge is 0.318 e. The molecule has 1 aliphatic rings. The Morgan fingerprint density at radius 2 is 1.49 bits per heavy atom. The lowest BCUT2D eigenvalue weighted by molar-refractivity contribution is -0.140. The summed E-state index contributed by atoms with van der Waals surface area (Å²) in [4.78, 5) is 17.0. The fraction of sp³-hybridized carbons (Fsp3) is 0.250. The average Bonchev–Trinajstić information content (AvgIpc) is 3.14. The van der Waals surface area contributed by atoms with E-state index in [1.54, 1.807) is 0 Å². The number of carbonyl (C=O) groups excluding carboxylic acids is 1. The van der Waals surface area contributed by atoms with Gasteiger partial charge >= 0.3 is 5.97 Å². The van der Waals surface area contributed by atoms with Gasteiger partial charge < -0.3 is 4.84 Å². The Bertz CT molecular complexity index is 1420. The van der Waals surface area contributed by atoms with Crippen molar-refractivity contribution in [1.29, 1.82) is 0 Å². The number of oxime groups is 1. The molecule has 3 nitrogen and oxygen atoms in total. The van der Waals surface area contributed by atoms with E-state index in [1.165, 1.54) is 29.2 Å². The molecular formula is C32H31NO2. The minimum atomic E-state index is -0.428. The SMILES string of the molecule is CCCC1(CCC)c2ccccc2-c2ccc(C(=NOC(C)=O)c3cccc4ccccc34)cc21. The zero-order valence-electron chi connectivity index (χ0n) is 20.7. The molecule has 0 atom stereocenters. The van der Waals surface area contributed by atoms with E-state index in [-0.39, 0.29) is 5.41 Å². The van der Waals surface area contributed by atoms with Crippen molar-refractivity contribution < 1.29 is 9.63 Å². The summed E-state index contributed by atoms with van der Waals surface area (Å²) >= 11 is 0. The van der Waals surface area contributed by atoms with E-state index in [0.717, 1.165) is 47.6 Å². The molecule has 176 valence electrons. The molecule has 0 saturated heterocycles. The van der Waals surface area contributed by atoms with Crippen LogP contribution in [0.4, 0.5) is 0 Å². The molecule has 1 aliphatic carbocycles. The van der Waals surface area contributed by atoms with Gasteiger partial charge in [0, 0.05) is 23.5 Å². The van der Waals surface area contributed by atoms with Gasteiger partial charge in [-0.15, -0.1) is 0 Å². The summed E-state index contributed by atoms with van der Waals surface area (Å²) in [5, 5.41) is 6.60. The van der Waals surface area contributed by atoms with E-state index in [4.69, 9.17) is 4.84 Å². The Morgan fingerprint density at radius 3 is 2.26 bits per heavy atom. The number of rotatable bonds is 7. The number of hydrogen-bond donors (Lipinski definition) is 0.